The van der Waals surface area contributed by atoms with Gasteiger partial charge in [-0.25, -0.2) is 0 Å². The minimum Gasteiger partial charge on any atom is -0.367 e. The average molecular weight is 319 g/mol. The summed E-state index contributed by atoms with van der Waals surface area (Å²) in [5, 5.41) is 5.13. The molecule has 3 rings (SSSR count). The number of nitrogens with two attached hydrogens (primary N) is 1. The van der Waals surface area contributed by atoms with Crippen LogP contribution >= 0.6 is 23.2 Å². The Morgan fingerprint density at radius 3 is 2.43 bits per heavy atom. The van der Waals surface area contributed by atoms with Gasteiger partial charge in [-0.3, -0.25) is 0 Å². The Kier molecular flexibility index (Phi) is 3.62. The van der Waals surface area contributed by atoms with Gasteiger partial charge in [-0.15, -0.1) is 0 Å². The second kappa shape index (κ2) is 5.43. The molecule has 0 unspecified atom stereocenters. The third-order valence-electron chi connectivity index (χ3n) is 3.24. The normalized spacial score (nSPS) is 10.8. The van der Waals surface area contributed by atoms with Crippen molar-refractivity contribution in [3.8, 4) is 22.4 Å². The second-order valence-corrected chi connectivity index (χ2v) is 5.60. The minimum atomic E-state index is 0.231. The first-order valence-corrected chi connectivity index (χ1v) is 7.09. The molecule has 0 amide bonds. The van der Waals surface area contributed by atoms with Crippen LogP contribution in [0.2, 0.25) is 10.0 Å². The van der Waals surface area contributed by atoms with E-state index in [4.69, 9.17) is 33.5 Å². The van der Waals surface area contributed by atoms with Crippen molar-refractivity contribution in [2.75, 3.05) is 5.73 Å². The predicted octanol–water partition coefficient (Wildman–Crippen LogP) is 5.21. The molecule has 0 aliphatic heterocycles. The van der Waals surface area contributed by atoms with E-state index >= 15 is 0 Å². The van der Waals surface area contributed by atoms with Gasteiger partial charge in [0.05, 0.1) is 10.6 Å². The van der Waals surface area contributed by atoms with Crippen molar-refractivity contribution in [1.29, 1.82) is 0 Å². The molecule has 106 valence electrons. The average Bonchev–Trinajstić information content (AvgIpc) is 2.82. The Morgan fingerprint density at radius 2 is 1.76 bits per heavy atom. The van der Waals surface area contributed by atoms with E-state index in [2.05, 4.69) is 5.16 Å². The SMILES string of the molecule is Cc1ccc(-c2noc(N)c2-c2ccc(Cl)cc2Cl)cc1. The molecule has 0 fully saturated rings. The Labute approximate surface area is 132 Å². The number of aryl methyl sites for hydroxylation is 1. The number of nitrogen functional groups attached to an aromatic ring is 1. The van der Waals surface area contributed by atoms with Crippen LogP contribution in [-0.2, 0) is 0 Å². The van der Waals surface area contributed by atoms with Crippen molar-refractivity contribution >= 4 is 29.1 Å². The lowest BCUT2D eigenvalue weighted by Gasteiger charge is -2.06. The van der Waals surface area contributed by atoms with Crippen molar-refractivity contribution < 1.29 is 4.52 Å². The van der Waals surface area contributed by atoms with Crippen LogP contribution in [0.4, 0.5) is 5.88 Å². The number of rotatable bonds is 2. The van der Waals surface area contributed by atoms with Gasteiger partial charge in [-0.2, -0.15) is 0 Å². The van der Waals surface area contributed by atoms with E-state index in [1.165, 1.54) is 5.56 Å². The van der Waals surface area contributed by atoms with E-state index in [0.29, 0.717) is 21.3 Å². The summed E-state index contributed by atoms with van der Waals surface area (Å²) in [7, 11) is 0. The van der Waals surface area contributed by atoms with Gasteiger partial charge in [0, 0.05) is 16.1 Å². The number of anilines is 1. The zero-order chi connectivity index (χ0) is 15.0. The lowest BCUT2D eigenvalue weighted by Crippen LogP contribution is -1.89. The molecule has 3 nitrogen and oxygen atoms in total. The highest BCUT2D eigenvalue weighted by atomic mass is 35.5. The molecular formula is C16H12Cl2N2O. The molecule has 0 aliphatic rings. The maximum Gasteiger partial charge on any atom is 0.230 e. The molecule has 0 aliphatic carbocycles. The van der Waals surface area contributed by atoms with Gasteiger partial charge >= 0.3 is 0 Å². The van der Waals surface area contributed by atoms with Gasteiger partial charge in [0.1, 0.15) is 5.69 Å². The van der Waals surface area contributed by atoms with Gasteiger partial charge in [0.25, 0.3) is 0 Å². The Hall–Kier alpha value is -1.97. The minimum absolute atomic E-state index is 0.231. The van der Waals surface area contributed by atoms with Crippen LogP contribution in [-0.4, -0.2) is 5.16 Å². The van der Waals surface area contributed by atoms with E-state index < -0.39 is 0 Å². The molecule has 2 N–H and O–H groups in total. The van der Waals surface area contributed by atoms with Gasteiger partial charge in [0.15, 0.2) is 0 Å². The highest BCUT2D eigenvalue weighted by Gasteiger charge is 2.19. The van der Waals surface area contributed by atoms with Gasteiger partial charge in [-0.1, -0.05) is 64.3 Å². The fraction of sp³-hybridized carbons (Fsp3) is 0.0625. The number of aromatic nitrogens is 1. The lowest BCUT2D eigenvalue weighted by molar-refractivity contribution is 0.439. The molecule has 0 saturated heterocycles. The molecule has 1 aromatic heterocycles. The van der Waals surface area contributed by atoms with Crippen LogP contribution in [0.1, 0.15) is 5.56 Å². The molecular weight excluding hydrogens is 307 g/mol. The fourth-order valence-corrected chi connectivity index (χ4v) is 2.67. The topological polar surface area (TPSA) is 52.0 Å². The summed E-state index contributed by atoms with van der Waals surface area (Å²) in [4.78, 5) is 0. The van der Waals surface area contributed by atoms with E-state index in [1.807, 2.05) is 37.3 Å². The summed E-state index contributed by atoms with van der Waals surface area (Å²) in [5.74, 6) is 0.231. The van der Waals surface area contributed by atoms with E-state index in [1.54, 1.807) is 12.1 Å². The summed E-state index contributed by atoms with van der Waals surface area (Å²) in [6.07, 6.45) is 0. The van der Waals surface area contributed by atoms with Crippen molar-refractivity contribution in [3.05, 3.63) is 58.1 Å². The highest BCUT2D eigenvalue weighted by molar-refractivity contribution is 6.36. The number of hydrogen-bond acceptors (Lipinski definition) is 3. The second-order valence-electron chi connectivity index (χ2n) is 4.76. The molecule has 3 aromatic rings. The van der Waals surface area contributed by atoms with E-state index in [-0.39, 0.29) is 5.88 Å². The monoisotopic (exact) mass is 318 g/mol. The summed E-state index contributed by atoms with van der Waals surface area (Å²) >= 11 is 12.2. The standard InChI is InChI=1S/C16H12Cl2N2O/c1-9-2-4-10(5-3-9)15-14(16(19)21-20-15)12-7-6-11(17)8-13(12)18/h2-8H,19H2,1H3. The third-order valence-corrected chi connectivity index (χ3v) is 3.79. The zero-order valence-electron chi connectivity index (χ0n) is 11.2. The molecule has 0 spiro atoms. The zero-order valence-corrected chi connectivity index (χ0v) is 12.7. The van der Waals surface area contributed by atoms with Gasteiger partial charge < -0.3 is 10.3 Å². The fourth-order valence-electron chi connectivity index (χ4n) is 2.16. The van der Waals surface area contributed by atoms with E-state index in [0.717, 1.165) is 11.1 Å². The molecule has 0 radical (unpaired) electrons. The first kappa shape index (κ1) is 14.0. The number of benzene rings is 2. The smallest absolute Gasteiger partial charge is 0.230 e. The van der Waals surface area contributed by atoms with Crippen LogP contribution < -0.4 is 5.73 Å². The van der Waals surface area contributed by atoms with Gasteiger partial charge in [0.2, 0.25) is 5.88 Å². The van der Waals surface area contributed by atoms with Crippen LogP contribution in [0, 0.1) is 6.92 Å². The molecule has 21 heavy (non-hydrogen) atoms. The highest BCUT2D eigenvalue weighted by Crippen LogP contribution is 2.40. The Bertz CT molecular complexity index is 795. The van der Waals surface area contributed by atoms with Crippen LogP contribution in [0.15, 0.2) is 47.0 Å². The molecule has 1 heterocycles. The van der Waals surface area contributed by atoms with Crippen molar-refractivity contribution in [3.63, 3.8) is 0 Å². The number of hydrogen-bond donors (Lipinski definition) is 1. The molecule has 0 saturated carbocycles. The van der Waals surface area contributed by atoms with Crippen molar-refractivity contribution in [2.24, 2.45) is 0 Å². The molecule has 5 heteroatoms. The lowest BCUT2D eigenvalue weighted by atomic mass is 10.0. The first-order chi connectivity index (χ1) is 10.1. The van der Waals surface area contributed by atoms with Crippen LogP contribution in [0.25, 0.3) is 22.4 Å². The predicted molar refractivity (Wildman–Crippen MR) is 86.5 cm³/mol. The number of halogens is 2. The molecule has 0 atom stereocenters. The largest absolute Gasteiger partial charge is 0.367 e. The van der Waals surface area contributed by atoms with Crippen molar-refractivity contribution in [2.45, 2.75) is 6.92 Å². The van der Waals surface area contributed by atoms with E-state index in [9.17, 15) is 0 Å². The van der Waals surface area contributed by atoms with Crippen molar-refractivity contribution in [1.82, 2.24) is 5.16 Å². The van der Waals surface area contributed by atoms with Gasteiger partial charge in [-0.05, 0) is 19.1 Å². The Balaban J connectivity index is 2.19. The van der Waals surface area contributed by atoms with Crippen LogP contribution in [0.5, 0.6) is 0 Å². The molecule has 2 aromatic carbocycles. The maximum absolute atomic E-state index is 6.27. The third kappa shape index (κ3) is 2.62. The maximum atomic E-state index is 6.27. The summed E-state index contributed by atoms with van der Waals surface area (Å²) in [6, 6.07) is 13.2. The Morgan fingerprint density at radius 1 is 1.05 bits per heavy atom. The quantitative estimate of drug-likeness (QED) is 0.706. The summed E-state index contributed by atoms with van der Waals surface area (Å²) < 4.78 is 5.16. The summed E-state index contributed by atoms with van der Waals surface area (Å²) in [6.45, 7) is 2.03. The van der Waals surface area contributed by atoms with Crippen LogP contribution in [0.3, 0.4) is 0 Å². The molecule has 0 bridgehead atoms. The number of nitrogens with zero attached hydrogens (tertiary/aromatic N) is 1. The summed E-state index contributed by atoms with van der Waals surface area (Å²) in [5.41, 5.74) is 10.1. The first-order valence-electron chi connectivity index (χ1n) is 6.34.